The van der Waals surface area contributed by atoms with Crippen molar-refractivity contribution in [2.45, 2.75) is 38.9 Å². The molecule has 14 heteroatoms. The van der Waals surface area contributed by atoms with Crippen LogP contribution < -0.4 is 11.2 Å². The van der Waals surface area contributed by atoms with E-state index in [-0.39, 0.29) is 40.6 Å². The zero-order chi connectivity index (χ0) is 31.4. The van der Waals surface area contributed by atoms with Crippen LogP contribution in [0.2, 0.25) is 0 Å². The van der Waals surface area contributed by atoms with Gasteiger partial charge in [-0.2, -0.15) is 24.0 Å². The molecule has 4 aliphatic heterocycles. The molecule has 2 aromatic rings. The highest BCUT2D eigenvalue weighted by Crippen LogP contribution is 2.40. The lowest BCUT2D eigenvalue weighted by Crippen LogP contribution is -2.57. The summed E-state index contributed by atoms with van der Waals surface area (Å²) in [4.78, 5) is 40.9. The number of amidine groups is 1. The van der Waals surface area contributed by atoms with Crippen LogP contribution in [0.4, 0.5) is 23.4 Å². The predicted octanol–water partition coefficient (Wildman–Crippen LogP) is 4.37. The van der Waals surface area contributed by atoms with E-state index in [1.807, 2.05) is 18.7 Å². The first kappa shape index (κ1) is 29.8. The summed E-state index contributed by atoms with van der Waals surface area (Å²) >= 11 is 0. The number of nitrogens with zero attached hydrogens (tertiary/aromatic N) is 5. The number of nitrogens with one attached hydrogen (secondary N) is 1. The molecule has 2 saturated heterocycles. The monoisotopic (exact) mass is 612 g/mol. The average Bonchev–Trinajstić information content (AvgIpc) is 3.28. The number of halogens is 4. The molecule has 230 valence electrons. The van der Waals surface area contributed by atoms with Crippen LogP contribution in [-0.2, 0) is 15.7 Å². The van der Waals surface area contributed by atoms with Gasteiger partial charge in [-0.25, -0.2) is 9.37 Å². The number of carbonyl (C=O) groups is 2. The van der Waals surface area contributed by atoms with Gasteiger partial charge in [-0.05, 0) is 57.0 Å². The Morgan fingerprint density at radius 2 is 1.95 bits per heavy atom. The largest absolute Gasteiger partial charge is 0.416 e. The number of allylic oxidation sites excluding steroid dienone is 1. The van der Waals surface area contributed by atoms with Gasteiger partial charge >= 0.3 is 6.18 Å². The first-order chi connectivity index (χ1) is 20.8. The minimum atomic E-state index is -4.62. The molecule has 1 aromatic heterocycles. The Labute approximate surface area is 250 Å². The summed E-state index contributed by atoms with van der Waals surface area (Å²) in [6, 6.07) is 5.16. The van der Waals surface area contributed by atoms with Crippen LogP contribution in [0.15, 0.2) is 70.3 Å². The Balaban J connectivity index is 1.27. The Morgan fingerprint density at radius 3 is 2.64 bits per heavy atom. The number of aliphatic imine (C=N–C) groups is 2. The molecule has 44 heavy (non-hydrogen) atoms. The van der Waals surface area contributed by atoms with E-state index in [1.165, 1.54) is 18.3 Å². The summed E-state index contributed by atoms with van der Waals surface area (Å²) in [6.07, 6.45) is 2.42. The molecule has 3 atom stereocenters. The summed E-state index contributed by atoms with van der Waals surface area (Å²) in [6.45, 7) is 5.07. The SMILES string of the molecule is C[C@H]1CC[C@@H](C2=C3C=NC=C[N+]3(N)C(c3ccc(C(=O)Nc4cc(C(F)(F)F)ccn4)cc3F)=N2)CN1C(=O)C1(C)COC1. The summed E-state index contributed by atoms with van der Waals surface area (Å²) in [5.74, 6) is 4.84. The number of quaternary nitrogens is 1. The van der Waals surface area contributed by atoms with Gasteiger partial charge in [0.2, 0.25) is 11.6 Å². The number of rotatable bonds is 5. The lowest BCUT2D eigenvalue weighted by molar-refractivity contribution is -0.750. The van der Waals surface area contributed by atoms with E-state index in [9.17, 15) is 22.8 Å². The van der Waals surface area contributed by atoms with Gasteiger partial charge in [-0.1, -0.05) is 0 Å². The lowest BCUT2D eigenvalue weighted by Gasteiger charge is -2.45. The van der Waals surface area contributed by atoms with Crippen molar-refractivity contribution in [3.63, 3.8) is 0 Å². The van der Waals surface area contributed by atoms with Crippen LogP contribution >= 0.6 is 0 Å². The van der Waals surface area contributed by atoms with Gasteiger partial charge in [0.15, 0.2) is 0 Å². The predicted molar refractivity (Wildman–Crippen MR) is 152 cm³/mol. The molecule has 2 amide bonds. The Bertz CT molecular complexity index is 1660. The molecular formula is C30H30F4N7O3+. The van der Waals surface area contributed by atoms with Gasteiger partial charge in [0.1, 0.15) is 23.5 Å². The third-order valence-corrected chi connectivity index (χ3v) is 8.51. The first-order valence-corrected chi connectivity index (χ1v) is 14.1. The van der Waals surface area contributed by atoms with E-state index in [2.05, 4.69) is 15.3 Å². The van der Waals surface area contributed by atoms with E-state index < -0.39 is 33.5 Å². The topological polar surface area (TPSA) is 122 Å². The molecule has 4 aliphatic rings. The van der Waals surface area contributed by atoms with Crippen LogP contribution in [0.5, 0.6) is 0 Å². The van der Waals surface area contributed by atoms with Gasteiger partial charge in [0.25, 0.3) is 11.7 Å². The zero-order valence-corrected chi connectivity index (χ0v) is 23.9. The normalized spacial score (nSPS) is 25.8. The van der Waals surface area contributed by atoms with Crippen molar-refractivity contribution in [2.24, 2.45) is 27.2 Å². The fourth-order valence-electron chi connectivity index (χ4n) is 5.88. The Hall–Kier alpha value is -4.27. The number of benzene rings is 1. The molecule has 1 aromatic carbocycles. The number of hydrogen-bond acceptors (Lipinski definition) is 7. The minimum Gasteiger partial charge on any atom is -0.379 e. The van der Waals surface area contributed by atoms with Gasteiger partial charge < -0.3 is 15.0 Å². The van der Waals surface area contributed by atoms with Gasteiger partial charge in [0, 0.05) is 30.3 Å². The number of likely N-dealkylation sites (tertiary alicyclic amines) is 1. The van der Waals surface area contributed by atoms with Gasteiger partial charge in [0.05, 0.1) is 42.2 Å². The number of amides is 2. The van der Waals surface area contributed by atoms with E-state index >= 15 is 4.39 Å². The van der Waals surface area contributed by atoms with Crippen LogP contribution in [0.25, 0.3) is 0 Å². The van der Waals surface area contributed by atoms with Gasteiger partial charge in [-0.15, -0.1) is 4.59 Å². The minimum absolute atomic E-state index is 0.0275. The van der Waals surface area contributed by atoms with Crippen molar-refractivity contribution in [2.75, 3.05) is 25.1 Å². The quantitative estimate of drug-likeness (QED) is 0.295. The summed E-state index contributed by atoms with van der Waals surface area (Å²) in [5.41, 5.74) is -0.499. The maximum absolute atomic E-state index is 15.7. The molecular weight excluding hydrogens is 582 g/mol. The fourth-order valence-corrected chi connectivity index (χ4v) is 5.88. The van der Waals surface area contributed by atoms with E-state index in [1.54, 1.807) is 12.4 Å². The summed E-state index contributed by atoms with van der Waals surface area (Å²) in [5, 5.41) is 2.27. The van der Waals surface area contributed by atoms with Crippen molar-refractivity contribution in [3.8, 4) is 0 Å². The maximum atomic E-state index is 15.7. The second-order valence-electron chi connectivity index (χ2n) is 11.8. The summed E-state index contributed by atoms with van der Waals surface area (Å²) in [7, 11) is 0. The smallest absolute Gasteiger partial charge is 0.379 e. The summed E-state index contributed by atoms with van der Waals surface area (Å²) < 4.78 is 59.7. The van der Waals surface area contributed by atoms with Crippen molar-refractivity contribution < 1.29 is 36.5 Å². The number of alkyl halides is 3. The molecule has 0 saturated carbocycles. The molecule has 0 spiro atoms. The molecule has 1 unspecified atom stereocenters. The molecule has 0 radical (unpaired) electrons. The number of aromatic nitrogens is 1. The highest BCUT2D eigenvalue weighted by Gasteiger charge is 2.50. The third kappa shape index (κ3) is 5.12. The molecule has 0 bridgehead atoms. The van der Waals surface area contributed by atoms with Crippen LogP contribution in [0.1, 0.15) is 48.2 Å². The fraction of sp³-hybridized carbons (Fsp3) is 0.367. The van der Waals surface area contributed by atoms with Crippen molar-refractivity contribution >= 4 is 29.7 Å². The molecule has 3 N–H and O–H groups in total. The van der Waals surface area contributed by atoms with Gasteiger partial charge in [-0.3, -0.25) is 14.6 Å². The molecule has 5 heterocycles. The van der Waals surface area contributed by atoms with E-state index in [4.69, 9.17) is 15.6 Å². The molecule has 2 fully saturated rings. The molecule has 10 nitrogen and oxygen atoms in total. The average molecular weight is 613 g/mol. The number of pyridine rings is 1. The number of piperidine rings is 1. The first-order valence-electron chi connectivity index (χ1n) is 14.1. The Morgan fingerprint density at radius 1 is 1.18 bits per heavy atom. The zero-order valence-electron chi connectivity index (χ0n) is 23.9. The molecule has 0 aliphatic carbocycles. The second-order valence-corrected chi connectivity index (χ2v) is 11.8. The van der Waals surface area contributed by atoms with Crippen molar-refractivity contribution in [1.82, 2.24) is 9.88 Å². The van der Waals surface area contributed by atoms with Crippen LogP contribution in [0.3, 0.4) is 0 Å². The number of ether oxygens (including phenoxy) is 1. The number of nitrogens with two attached hydrogens (primary N) is 1. The second kappa shape index (κ2) is 10.7. The van der Waals surface area contributed by atoms with Crippen molar-refractivity contribution in [1.29, 1.82) is 0 Å². The standard InChI is InChI=1S/C30H29F4N7O3/c1-17-3-4-19(14-40(17)28(43)29(2)15-44-16-29)25-23-13-36-9-10-41(23,35)26(39-25)21-6-5-18(11-22(21)31)27(42)38-24-12-20(7-8-37-24)30(32,33)34/h5-13,17,19H,3-4,14-16,35H2,1-2H3/p+1/t17-,19+,41?/m0/s1. The van der Waals surface area contributed by atoms with E-state index in [0.717, 1.165) is 31.2 Å². The highest BCUT2D eigenvalue weighted by atomic mass is 19.4. The maximum Gasteiger partial charge on any atom is 0.416 e. The number of carbonyl (C=O) groups excluding carboxylic acids is 2. The van der Waals surface area contributed by atoms with E-state index in [0.29, 0.717) is 37.2 Å². The molecule has 6 rings (SSSR count). The number of fused-ring (bicyclic) bond motifs is 1. The van der Waals surface area contributed by atoms with Crippen LogP contribution in [-0.4, -0.2) is 64.1 Å². The number of hydrogen-bond donors (Lipinski definition) is 2. The Kier molecular flexibility index (Phi) is 7.25. The third-order valence-electron chi connectivity index (χ3n) is 8.51. The van der Waals surface area contributed by atoms with Crippen molar-refractivity contribution in [3.05, 3.63) is 82.8 Å². The highest BCUT2D eigenvalue weighted by molar-refractivity contribution is 6.05. The lowest BCUT2D eigenvalue weighted by atomic mass is 9.83. The van der Waals surface area contributed by atoms with Crippen LogP contribution in [0, 0.1) is 17.2 Å². The number of anilines is 1.